The maximum absolute atomic E-state index is 12.4. The summed E-state index contributed by atoms with van der Waals surface area (Å²) in [6.45, 7) is 7.52. The molecule has 2 rings (SSSR count). The van der Waals surface area contributed by atoms with Gasteiger partial charge in [-0.3, -0.25) is 0 Å². The van der Waals surface area contributed by atoms with Gasteiger partial charge < -0.3 is 9.47 Å². The van der Waals surface area contributed by atoms with Crippen LogP contribution in [0.1, 0.15) is 89.5 Å². The minimum absolute atomic E-state index is 0.613. The summed E-state index contributed by atoms with van der Waals surface area (Å²) in [5.74, 6) is 0.871. The quantitative estimate of drug-likeness (QED) is 0.257. The van der Waals surface area contributed by atoms with Gasteiger partial charge in [0, 0.05) is 13.1 Å². The van der Waals surface area contributed by atoms with Crippen LogP contribution in [0.4, 0.5) is 0 Å². The van der Waals surface area contributed by atoms with E-state index in [1.54, 1.807) is 5.06 Å². The Kier molecular flexibility index (Phi) is 14.1. The molecule has 178 valence electrons. The number of hydroxylamine groups is 2. The average Bonchev–Trinajstić information content (AvgIpc) is 2.78. The van der Waals surface area contributed by atoms with Crippen molar-refractivity contribution in [3.63, 3.8) is 0 Å². The van der Waals surface area contributed by atoms with Gasteiger partial charge in [0.2, 0.25) is 11.1 Å². The van der Waals surface area contributed by atoms with E-state index in [4.69, 9.17) is 13.8 Å². The van der Waals surface area contributed by atoms with Crippen LogP contribution in [-0.2, 0) is 20.1 Å². The van der Waals surface area contributed by atoms with Crippen molar-refractivity contribution in [2.24, 2.45) is 0 Å². The van der Waals surface area contributed by atoms with Crippen molar-refractivity contribution in [3.05, 3.63) is 23.8 Å². The summed E-state index contributed by atoms with van der Waals surface area (Å²) in [5, 5.41) is 1.72. The molecule has 1 atom stereocenters. The van der Waals surface area contributed by atoms with E-state index in [9.17, 15) is 4.21 Å². The third-order valence-electron chi connectivity index (χ3n) is 5.74. The zero-order valence-electron chi connectivity index (χ0n) is 19.7. The number of aryl methyl sites for hydroxylation is 1. The van der Waals surface area contributed by atoms with E-state index >= 15 is 0 Å². The Hall–Kier alpha value is -0.950. The molecule has 0 aliphatic carbocycles. The van der Waals surface area contributed by atoms with Gasteiger partial charge in [-0.25, -0.2) is 4.21 Å². The predicted octanol–water partition coefficient (Wildman–Crippen LogP) is 6.36. The number of benzene rings is 1. The van der Waals surface area contributed by atoms with Gasteiger partial charge in [-0.2, -0.15) is 9.35 Å². The van der Waals surface area contributed by atoms with Gasteiger partial charge in [0.25, 0.3) is 0 Å². The number of ether oxygens (including phenoxy) is 2. The Morgan fingerprint density at radius 1 is 0.903 bits per heavy atom. The molecule has 1 aliphatic rings. The fraction of sp³-hybridized carbons (Fsp3) is 0.760. The minimum Gasteiger partial charge on any atom is -0.493 e. The maximum Gasteiger partial charge on any atom is 0.206 e. The second-order valence-electron chi connectivity index (χ2n) is 8.52. The van der Waals surface area contributed by atoms with Crippen LogP contribution >= 0.6 is 0 Å². The van der Waals surface area contributed by atoms with Gasteiger partial charge >= 0.3 is 0 Å². The largest absolute Gasteiger partial charge is 0.493 e. The van der Waals surface area contributed by atoms with Crippen molar-refractivity contribution in [1.29, 1.82) is 0 Å². The third kappa shape index (κ3) is 11.5. The van der Waals surface area contributed by atoms with E-state index in [0.29, 0.717) is 31.2 Å². The summed E-state index contributed by atoms with van der Waals surface area (Å²) < 4.78 is 29.2. The van der Waals surface area contributed by atoms with Crippen LogP contribution in [0, 0.1) is 6.92 Å². The summed E-state index contributed by atoms with van der Waals surface area (Å²) in [7, 11) is 0. The van der Waals surface area contributed by atoms with Gasteiger partial charge in [-0.05, 0) is 37.1 Å². The van der Waals surface area contributed by atoms with Crippen molar-refractivity contribution in [2.45, 2.75) is 95.8 Å². The van der Waals surface area contributed by atoms with E-state index in [1.807, 2.05) is 25.1 Å². The molecular weight excluding hydrogens is 410 g/mol. The Morgan fingerprint density at radius 2 is 1.48 bits per heavy atom. The van der Waals surface area contributed by atoms with Crippen molar-refractivity contribution in [3.8, 4) is 5.75 Å². The average molecular weight is 454 g/mol. The zero-order chi connectivity index (χ0) is 22.2. The van der Waals surface area contributed by atoms with E-state index < -0.39 is 11.1 Å². The van der Waals surface area contributed by atoms with Crippen molar-refractivity contribution in [2.75, 3.05) is 32.9 Å². The normalized spacial score (nSPS) is 15.8. The van der Waals surface area contributed by atoms with Crippen molar-refractivity contribution >= 4 is 11.1 Å². The standard InChI is InChI=1S/C25H43NO4S/c1-3-4-5-6-7-8-9-10-11-12-13-14-19-29-25-16-15-24(22-23(25)2)31(27)30-26-17-20-28-21-18-26/h15-16,22H,3-14,17-21H2,1-2H3. The van der Waals surface area contributed by atoms with Gasteiger partial charge in [0.1, 0.15) is 5.75 Å². The molecule has 0 amide bonds. The van der Waals surface area contributed by atoms with Crippen LogP contribution in [0.5, 0.6) is 5.75 Å². The van der Waals surface area contributed by atoms with Crippen LogP contribution in [0.3, 0.4) is 0 Å². The summed E-state index contributed by atoms with van der Waals surface area (Å²) >= 11 is -1.50. The minimum atomic E-state index is -1.50. The second-order valence-corrected chi connectivity index (χ2v) is 9.61. The number of nitrogens with zero attached hydrogens (tertiary/aromatic N) is 1. The first-order valence-corrected chi connectivity index (χ1v) is 13.4. The lowest BCUT2D eigenvalue weighted by Crippen LogP contribution is -2.36. The summed E-state index contributed by atoms with van der Waals surface area (Å²) in [6, 6.07) is 5.64. The number of rotatable bonds is 17. The molecule has 0 aromatic heterocycles. The SMILES string of the molecule is CCCCCCCCCCCCCCOc1ccc(S(=O)ON2CCOCC2)cc1C. The van der Waals surface area contributed by atoms with E-state index in [0.717, 1.165) is 24.3 Å². The second kappa shape index (κ2) is 16.7. The Labute approximate surface area is 192 Å². The molecule has 1 unspecified atom stereocenters. The van der Waals surface area contributed by atoms with Gasteiger partial charge in [0.05, 0.1) is 24.7 Å². The smallest absolute Gasteiger partial charge is 0.206 e. The van der Waals surface area contributed by atoms with Crippen molar-refractivity contribution < 1.29 is 18.0 Å². The first-order valence-electron chi connectivity index (χ1n) is 12.4. The summed E-state index contributed by atoms with van der Waals surface area (Å²) in [4.78, 5) is 0.668. The molecule has 0 radical (unpaired) electrons. The molecule has 6 heteroatoms. The van der Waals surface area contributed by atoms with E-state index in [-0.39, 0.29) is 0 Å². The number of hydrogen-bond acceptors (Lipinski definition) is 5. The molecule has 1 saturated heterocycles. The van der Waals surface area contributed by atoms with Crippen molar-refractivity contribution in [1.82, 2.24) is 5.06 Å². The topological polar surface area (TPSA) is 48.0 Å². The van der Waals surface area contributed by atoms with Gasteiger partial charge in [-0.15, -0.1) is 0 Å². The highest BCUT2D eigenvalue weighted by atomic mass is 32.2. The molecule has 1 heterocycles. The van der Waals surface area contributed by atoms with Crippen LogP contribution in [0.2, 0.25) is 0 Å². The Balaban J connectivity index is 1.52. The molecule has 1 aromatic carbocycles. The molecule has 31 heavy (non-hydrogen) atoms. The molecule has 0 spiro atoms. The summed E-state index contributed by atoms with van der Waals surface area (Å²) in [5.41, 5.74) is 0.996. The molecule has 0 saturated carbocycles. The molecular formula is C25H43NO4S. The third-order valence-corrected chi connectivity index (χ3v) is 6.72. The van der Waals surface area contributed by atoms with Gasteiger partial charge in [-0.1, -0.05) is 77.6 Å². The molecule has 0 N–H and O–H groups in total. The Bertz CT molecular complexity index is 620. The lowest BCUT2D eigenvalue weighted by Gasteiger charge is -2.24. The van der Waals surface area contributed by atoms with Crippen LogP contribution in [-0.4, -0.2) is 42.2 Å². The monoisotopic (exact) mass is 453 g/mol. The zero-order valence-corrected chi connectivity index (χ0v) is 20.6. The van der Waals surface area contributed by atoms with Crippen LogP contribution in [0.15, 0.2) is 23.1 Å². The highest BCUT2D eigenvalue weighted by Crippen LogP contribution is 2.22. The lowest BCUT2D eigenvalue weighted by atomic mass is 10.1. The fourth-order valence-corrected chi connectivity index (χ4v) is 4.65. The number of hydrogen-bond donors (Lipinski definition) is 0. The highest BCUT2D eigenvalue weighted by Gasteiger charge is 2.16. The van der Waals surface area contributed by atoms with E-state index in [1.165, 1.54) is 70.6 Å². The molecule has 5 nitrogen and oxygen atoms in total. The fourth-order valence-electron chi connectivity index (χ4n) is 3.77. The highest BCUT2D eigenvalue weighted by molar-refractivity contribution is 7.80. The van der Waals surface area contributed by atoms with Crippen LogP contribution in [0.25, 0.3) is 0 Å². The molecule has 0 bridgehead atoms. The lowest BCUT2D eigenvalue weighted by molar-refractivity contribution is -0.109. The predicted molar refractivity (Wildman–Crippen MR) is 128 cm³/mol. The van der Waals surface area contributed by atoms with Gasteiger partial charge in [0.15, 0.2) is 0 Å². The first-order chi connectivity index (χ1) is 15.2. The Morgan fingerprint density at radius 3 is 2.06 bits per heavy atom. The van der Waals surface area contributed by atoms with E-state index in [2.05, 4.69) is 6.92 Å². The maximum atomic E-state index is 12.4. The first kappa shape index (κ1) is 26.3. The summed E-state index contributed by atoms with van der Waals surface area (Å²) in [6.07, 6.45) is 16.1. The molecule has 1 aromatic rings. The number of morpholine rings is 1. The number of unbranched alkanes of at least 4 members (excludes halogenated alkanes) is 11. The molecule has 1 fully saturated rings. The molecule has 1 aliphatic heterocycles. The van der Waals surface area contributed by atoms with Crippen LogP contribution < -0.4 is 4.74 Å².